The molecule has 0 bridgehead atoms. The molecule has 1 saturated carbocycles. The molecule has 1 aromatic heterocycles. The van der Waals surface area contributed by atoms with Gasteiger partial charge in [-0.25, -0.2) is 18.7 Å². The Bertz CT molecular complexity index is 349. The summed E-state index contributed by atoms with van der Waals surface area (Å²) in [7, 11) is 0. The molecule has 0 unspecified atom stereocenters. The van der Waals surface area contributed by atoms with Crippen molar-refractivity contribution in [2.45, 2.75) is 19.3 Å². The van der Waals surface area contributed by atoms with Crippen molar-refractivity contribution in [3.63, 3.8) is 0 Å². The summed E-state index contributed by atoms with van der Waals surface area (Å²) in [6.45, 7) is 0. The van der Waals surface area contributed by atoms with Crippen LogP contribution >= 0.6 is 0 Å². The topological polar surface area (TPSA) is 42.9 Å². The van der Waals surface area contributed by atoms with Gasteiger partial charge in [-0.3, -0.25) is 4.79 Å². The third-order valence-corrected chi connectivity index (χ3v) is 2.48. The van der Waals surface area contributed by atoms with E-state index >= 15 is 0 Å². The number of hydrogen-bond donors (Lipinski definition) is 0. The first-order chi connectivity index (χ1) is 6.67. The lowest BCUT2D eigenvalue weighted by molar-refractivity contribution is 0.0472. The van der Waals surface area contributed by atoms with Crippen LogP contribution in [0, 0.1) is 5.41 Å². The molecule has 1 heterocycles. The Balaban J connectivity index is 2.26. The molecule has 0 spiro atoms. The molecule has 0 N–H and O–H groups in total. The maximum Gasteiger partial charge on any atom is 0.251 e. The Kier molecular flexibility index (Phi) is 2.02. The highest BCUT2D eigenvalue weighted by Gasteiger charge is 2.57. The van der Waals surface area contributed by atoms with Crippen LogP contribution in [-0.2, 0) is 0 Å². The first kappa shape index (κ1) is 9.18. The number of rotatable bonds is 3. The van der Waals surface area contributed by atoms with E-state index in [-0.39, 0.29) is 18.4 Å². The number of ketones is 1. The first-order valence-corrected chi connectivity index (χ1v) is 4.25. The molecular formula is C9H8F2N2O. The molecular weight excluding hydrogens is 190 g/mol. The molecule has 1 aromatic rings. The number of aromatic nitrogens is 2. The third kappa shape index (κ3) is 1.29. The Morgan fingerprint density at radius 2 is 1.93 bits per heavy atom. The predicted octanol–water partition coefficient (Wildman–Crippen LogP) is 1.70. The van der Waals surface area contributed by atoms with Crippen LogP contribution in [0.2, 0.25) is 0 Å². The normalized spacial score (nSPS) is 18.2. The summed E-state index contributed by atoms with van der Waals surface area (Å²) in [4.78, 5) is 18.9. The highest BCUT2D eigenvalue weighted by atomic mass is 19.3. The minimum atomic E-state index is -2.59. The van der Waals surface area contributed by atoms with Gasteiger partial charge in [0, 0.05) is 12.4 Å². The van der Waals surface area contributed by atoms with Crippen LogP contribution < -0.4 is 0 Å². The minimum Gasteiger partial charge on any atom is -0.293 e. The number of nitrogens with zero attached hydrogens (tertiary/aromatic N) is 2. The standard InChI is InChI=1S/C9H8F2N2O/c10-8(11)9(1-2-9)7(14)6-3-12-5-13-4-6/h3-5,8H,1-2H2. The van der Waals surface area contributed by atoms with Gasteiger partial charge in [-0.1, -0.05) is 0 Å². The van der Waals surface area contributed by atoms with Crippen molar-refractivity contribution in [1.29, 1.82) is 0 Å². The second-order valence-electron chi connectivity index (χ2n) is 3.41. The van der Waals surface area contributed by atoms with E-state index in [9.17, 15) is 13.6 Å². The molecule has 74 valence electrons. The molecule has 0 atom stereocenters. The number of carbonyl (C=O) groups excluding carboxylic acids is 1. The van der Waals surface area contributed by atoms with Gasteiger partial charge in [0.25, 0.3) is 6.43 Å². The van der Waals surface area contributed by atoms with Crippen LogP contribution in [0.5, 0.6) is 0 Å². The quantitative estimate of drug-likeness (QED) is 0.694. The van der Waals surface area contributed by atoms with Crippen LogP contribution in [0.3, 0.4) is 0 Å². The third-order valence-electron chi connectivity index (χ3n) is 2.48. The van der Waals surface area contributed by atoms with E-state index in [2.05, 4.69) is 9.97 Å². The molecule has 14 heavy (non-hydrogen) atoms. The number of Topliss-reactive ketones (excluding diaryl/α,β-unsaturated/α-hetero) is 1. The van der Waals surface area contributed by atoms with Crippen molar-refractivity contribution in [3.05, 3.63) is 24.3 Å². The summed E-state index contributed by atoms with van der Waals surface area (Å²) in [5.74, 6) is -0.534. The first-order valence-electron chi connectivity index (χ1n) is 4.25. The van der Waals surface area contributed by atoms with Crippen LogP contribution in [-0.4, -0.2) is 22.2 Å². The number of carbonyl (C=O) groups is 1. The maximum absolute atomic E-state index is 12.5. The Morgan fingerprint density at radius 3 is 2.36 bits per heavy atom. The SMILES string of the molecule is O=C(c1cncnc1)C1(C(F)F)CC1. The molecule has 1 aliphatic rings. The fourth-order valence-corrected chi connectivity index (χ4v) is 1.38. The molecule has 3 nitrogen and oxygen atoms in total. The zero-order valence-electron chi connectivity index (χ0n) is 7.28. The summed E-state index contributed by atoms with van der Waals surface area (Å²) < 4.78 is 25.1. The lowest BCUT2D eigenvalue weighted by Gasteiger charge is -2.11. The summed E-state index contributed by atoms with van der Waals surface area (Å²) in [6.07, 6.45) is 1.75. The van der Waals surface area contributed by atoms with Crippen molar-refractivity contribution in [3.8, 4) is 0 Å². The molecule has 0 radical (unpaired) electrons. The Hall–Kier alpha value is -1.39. The Morgan fingerprint density at radius 1 is 1.36 bits per heavy atom. The monoisotopic (exact) mass is 198 g/mol. The number of halogens is 2. The van der Waals surface area contributed by atoms with Gasteiger partial charge >= 0.3 is 0 Å². The number of hydrogen-bond acceptors (Lipinski definition) is 3. The van der Waals surface area contributed by atoms with Crippen molar-refractivity contribution in [2.24, 2.45) is 5.41 Å². The van der Waals surface area contributed by atoms with Gasteiger partial charge in [0.1, 0.15) is 6.33 Å². The van der Waals surface area contributed by atoms with Crippen LogP contribution in [0.15, 0.2) is 18.7 Å². The van der Waals surface area contributed by atoms with Crippen LogP contribution in [0.4, 0.5) is 8.78 Å². The van der Waals surface area contributed by atoms with E-state index in [1.54, 1.807) is 0 Å². The fraction of sp³-hybridized carbons (Fsp3) is 0.444. The van der Waals surface area contributed by atoms with Gasteiger partial charge in [-0.05, 0) is 12.8 Å². The summed E-state index contributed by atoms with van der Waals surface area (Å²) in [5.41, 5.74) is -1.27. The number of alkyl halides is 2. The molecule has 0 saturated heterocycles. The second kappa shape index (κ2) is 3.08. The van der Waals surface area contributed by atoms with Gasteiger partial charge < -0.3 is 0 Å². The molecule has 5 heteroatoms. The van der Waals surface area contributed by atoms with Crippen molar-refractivity contribution in [2.75, 3.05) is 0 Å². The molecule has 1 aliphatic carbocycles. The predicted molar refractivity (Wildman–Crippen MR) is 44.0 cm³/mol. The highest BCUT2D eigenvalue weighted by molar-refractivity contribution is 6.02. The zero-order valence-corrected chi connectivity index (χ0v) is 7.28. The molecule has 0 amide bonds. The van der Waals surface area contributed by atoms with Gasteiger partial charge in [0.2, 0.25) is 0 Å². The summed E-state index contributed by atoms with van der Waals surface area (Å²) in [6, 6.07) is 0. The van der Waals surface area contributed by atoms with Gasteiger partial charge in [-0.2, -0.15) is 0 Å². The van der Waals surface area contributed by atoms with Gasteiger partial charge in [0.15, 0.2) is 5.78 Å². The van der Waals surface area contributed by atoms with E-state index in [0.29, 0.717) is 0 Å². The van der Waals surface area contributed by atoms with E-state index in [1.807, 2.05) is 0 Å². The maximum atomic E-state index is 12.5. The van der Waals surface area contributed by atoms with Crippen molar-refractivity contribution in [1.82, 2.24) is 9.97 Å². The van der Waals surface area contributed by atoms with E-state index in [1.165, 1.54) is 18.7 Å². The summed E-state index contributed by atoms with van der Waals surface area (Å²) in [5, 5.41) is 0. The van der Waals surface area contributed by atoms with Crippen molar-refractivity contribution < 1.29 is 13.6 Å². The molecule has 1 fully saturated rings. The van der Waals surface area contributed by atoms with E-state index in [4.69, 9.17) is 0 Å². The smallest absolute Gasteiger partial charge is 0.251 e. The Labute approximate surface area is 79.2 Å². The molecule has 0 aromatic carbocycles. The van der Waals surface area contributed by atoms with E-state index < -0.39 is 17.6 Å². The van der Waals surface area contributed by atoms with Crippen LogP contribution in [0.25, 0.3) is 0 Å². The second-order valence-corrected chi connectivity index (χ2v) is 3.41. The summed E-state index contributed by atoms with van der Waals surface area (Å²) >= 11 is 0. The lowest BCUT2D eigenvalue weighted by Crippen LogP contribution is -2.24. The highest BCUT2D eigenvalue weighted by Crippen LogP contribution is 2.52. The zero-order chi connectivity index (χ0) is 10.2. The largest absolute Gasteiger partial charge is 0.293 e. The molecule has 2 rings (SSSR count). The van der Waals surface area contributed by atoms with E-state index in [0.717, 1.165) is 0 Å². The molecule has 0 aliphatic heterocycles. The van der Waals surface area contributed by atoms with Crippen molar-refractivity contribution >= 4 is 5.78 Å². The minimum absolute atomic E-state index is 0.172. The average Bonchev–Trinajstić information content (AvgIpc) is 2.99. The van der Waals surface area contributed by atoms with Crippen LogP contribution in [0.1, 0.15) is 23.2 Å². The van der Waals surface area contributed by atoms with Gasteiger partial charge in [-0.15, -0.1) is 0 Å². The fourth-order valence-electron chi connectivity index (χ4n) is 1.38. The average molecular weight is 198 g/mol. The van der Waals surface area contributed by atoms with Gasteiger partial charge in [0.05, 0.1) is 11.0 Å². The lowest BCUT2D eigenvalue weighted by atomic mass is 9.97.